The highest BCUT2D eigenvalue weighted by Crippen LogP contribution is 2.09. The van der Waals surface area contributed by atoms with Crippen LogP contribution >= 0.6 is 0 Å². The van der Waals surface area contributed by atoms with Crippen LogP contribution in [0.3, 0.4) is 0 Å². The first-order valence-corrected chi connectivity index (χ1v) is 6.26. The van der Waals surface area contributed by atoms with Crippen LogP contribution in [0.5, 0.6) is 0 Å². The topological polar surface area (TPSA) is 17.1 Å². The van der Waals surface area contributed by atoms with Crippen molar-refractivity contribution in [1.29, 1.82) is 0 Å². The highest BCUT2D eigenvalue weighted by Gasteiger charge is 1.97. The average molecular weight is 220 g/mol. The number of hydrogen-bond donors (Lipinski definition) is 0. The van der Waals surface area contributed by atoms with Crippen molar-refractivity contribution in [3.05, 3.63) is 53.5 Å². The van der Waals surface area contributed by atoms with Gasteiger partial charge in [0.25, 0.3) is 0 Å². The van der Waals surface area contributed by atoms with Crippen LogP contribution in [0.15, 0.2) is 52.8 Å². The molecule has 1 unspecified atom stereocenters. The van der Waals surface area contributed by atoms with E-state index in [1.807, 2.05) is 49.4 Å². The summed E-state index contributed by atoms with van der Waals surface area (Å²) in [6.07, 6.45) is 6.79. The van der Waals surface area contributed by atoms with E-state index in [4.69, 9.17) is 0 Å². The number of benzene rings is 1. The van der Waals surface area contributed by atoms with Crippen LogP contribution < -0.4 is 0 Å². The second kappa shape index (κ2) is 6.36. The Morgan fingerprint density at radius 2 is 1.87 bits per heavy atom. The van der Waals surface area contributed by atoms with E-state index in [2.05, 4.69) is 6.92 Å². The molecule has 0 N–H and O–H groups in total. The molecule has 0 fully saturated rings. The molecule has 0 aliphatic rings. The molecule has 0 bridgehead atoms. The molecular formula is C13H16OS. The summed E-state index contributed by atoms with van der Waals surface area (Å²) >= 11 is 0. The van der Waals surface area contributed by atoms with Gasteiger partial charge in [0.15, 0.2) is 0 Å². The zero-order chi connectivity index (χ0) is 11.1. The highest BCUT2D eigenvalue weighted by molar-refractivity contribution is 7.88. The van der Waals surface area contributed by atoms with Crippen LogP contribution in [0.25, 0.3) is 0 Å². The standard InChI is InChI=1S/C13H16OS/c1-3-4-5-6-11-15(14)13-9-7-12(2)8-10-13/h4-11H,3H2,1-2H3/b5-4+,11-6+. The third-order valence-corrected chi connectivity index (χ3v) is 3.08. The molecule has 0 radical (unpaired) electrons. The molecule has 1 aromatic carbocycles. The van der Waals surface area contributed by atoms with E-state index in [1.165, 1.54) is 5.56 Å². The summed E-state index contributed by atoms with van der Waals surface area (Å²) in [6.45, 7) is 4.09. The van der Waals surface area contributed by atoms with Crippen molar-refractivity contribution in [3.8, 4) is 0 Å². The van der Waals surface area contributed by atoms with Crippen LogP contribution in [0.1, 0.15) is 18.9 Å². The van der Waals surface area contributed by atoms with E-state index in [9.17, 15) is 4.21 Å². The van der Waals surface area contributed by atoms with E-state index in [-0.39, 0.29) is 0 Å². The molecule has 2 heteroatoms. The van der Waals surface area contributed by atoms with Gasteiger partial charge in [-0.15, -0.1) is 0 Å². The van der Waals surface area contributed by atoms with Crippen molar-refractivity contribution in [2.24, 2.45) is 0 Å². The second-order valence-electron chi connectivity index (χ2n) is 3.28. The van der Waals surface area contributed by atoms with Gasteiger partial charge >= 0.3 is 0 Å². The molecule has 15 heavy (non-hydrogen) atoms. The first kappa shape index (κ1) is 11.9. The summed E-state index contributed by atoms with van der Waals surface area (Å²) in [7, 11) is -1.03. The van der Waals surface area contributed by atoms with E-state index < -0.39 is 10.8 Å². The fourth-order valence-electron chi connectivity index (χ4n) is 1.08. The Labute approximate surface area is 94.0 Å². The number of allylic oxidation sites excluding steroid dienone is 3. The van der Waals surface area contributed by atoms with E-state index in [1.54, 1.807) is 5.41 Å². The Balaban J connectivity index is 2.65. The van der Waals surface area contributed by atoms with E-state index in [0.29, 0.717) is 0 Å². The number of hydrogen-bond acceptors (Lipinski definition) is 1. The minimum Gasteiger partial charge on any atom is -0.250 e. The van der Waals surface area contributed by atoms with Gasteiger partial charge in [-0.1, -0.05) is 42.8 Å². The Bertz CT molecular complexity index is 374. The van der Waals surface area contributed by atoms with Crippen molar-refractivity contribution in [2.75, 3.05) is 0 Å². The minimum atomic E-state index is -1.03. The van der Waals surface area contributed by atoms with Gasteiger partial charge in [-0.3, -0.25) is 0 Å². The van der Waals surface area contributed by atoms with Gasteiger partial charge in [-0.05, 0) is 25.5 Å². The van der Waals surface area contributed by atoms with Gasteiger partial charge < -0.3 is 0 Å². The molecule has 0 saturated heterocycles. The third-order valence-electron chi connectivity index (χ3n) is 1.94. The maximum absolute atomic E-state index is 11.7. The third kappa shape index (κ3) is 4.26. The first-order chi connectivity index (χ1) is 7.24. The molecule has 1 rings (SSSR count). The average Bonchev–Trinajstić information content (AvgIpc) is 2.25. The molecule has 1 nitrogen and oxygen atoms in total. The summed E-state index contributed by atoms with van der Waals surface area (Å²) in [4.78, 5) is 0.849. The molecular weight excluding hydrogens is 204 g/mol. The van der Waals surface area contributed by atoms with Crippen LogP contribution in [0, 0.1) is 6.92 Å². The molecule has 0 aliphatic heterocycles. The fourth-order valence-corrected chi connectivity index (χ4v) is 1.88. The Morgan fingerprint density at radius 3 is 2.47 bits per heavy atom. The van der Waals surface area contributed by atoms with E-state index >= 15 is 0 Å². The van der Waals surface area contributed by atoms with Gasteiger partial charge in [-0.25, -0.2) is 4.21 Å². The summed E-state index contributed by atoms with van der Waals surface area (Å²) < 4.78 is 11.7. The monoisotopic (exact) mass is 220 g/mol. The largest absolute Gasteiger partial charge is 0.250 e. The molecule has 0 saturated carbocycles. The Morgan fingerprint density at radius 1 is 1.20 bits per heavy atom. The first-order valence-electron chi connectivity index (χ1n) is 5.04. The van der Waals surface area contributed by atoms with Crippen molar-refractivity contribution in [3.63, 3.8) is 0 Å². The lowest BCUT2D eigenvalue weighted by atomic mass is 10.2. The van der Waals surface area contributed by atoms with Gasteiger partial charge in [0, 0.05) is 10.3 Å². The lowest BCUT2D eigenvalue weighted by Crippen LogP contribution is -1.85. The fraction of sp³-hybridized carbons (Fsp3) is 0.231. The maximum atomic E-state index is 11.7. The lowest BCUT2D eigenvalue weighted by molar-refractivity contribution is 0.688. The van der Waals surface area contributed by atoms with Crippen molar-refractivity contribution < 1.29 is 4.21 Å². The molecule has 0 heterocycles. The quantitative estimate of drug-likeness (QED) is 0.709. The van der Waals surface area contributed by atoms with Crippen molar-refractivity contribution in [2.45, 2.75) is 25.2 Å². The van der Waals surface area contributed by atoms with Gasteiger partial charge in [-0.2, -0.15) is 0 Å². The summed E-state index contributed by atoms with van der Waals surface area (Å²) in [6, 6.07) is 7.75. The predicted octanol–water partition coefficient (Wildman–Crippen LogP) is 3.58. The van der Waals surface area contributed by atoms with Gasteiger partial charge in [0.1, 0.15) is 0 Å². The zero-order valence-electron chi connectivity index (χ0n) is 9.14. The number of rotatable bonds is 4. The molecule has 1 atom stereocenters. The Kier molecular flexibility index (Phi) is 5.05. The van der Waals surface area contributed by atoms with E-state index in [0.717, 1.165) is 11.3 Å². The maximum Gasteiger partial charge on any atom is 0.0775 e. The molecule has 80 valence electrons. The molecule has 0 aromatic heterocycles. The lowest BCUT2D eigenvalue weighted by Gasteiger charge is -1.96. The van der Waals surface area contributed by atoms with Crippen LogP contribution in [0.4, 0.5) is 0 Å². The predicted molar refractivity (Wildman–Crippen MR) is 66.2 cm³/mol. The summed E-state index contributed by atoms with van der Waals surface area (Å²) in [5.41, 5.74) is 1.19. The molecule has 0 aliphatic carbocycles. The minimum absolute atomic E-state index is 0.849. The highest BCUT2D eigenvalue weighted by atomic mass is 32.2. The van der Waals surface area contributed by atoms with Crippen LogP contribution in [-0.2, 0) is 10.8 Å². The molecule has 0 amide bonds. The SMILES string of the molecule is CC/C=C/C=C/S(=O)c1ccc(C)cc1. The Hall–Kier alpha value is -1.15. The smallest absolute Gasteiger partial charge is 0.0775 e. The van der Waals surface area contributed by atoms with Crippen molar-refractivity contribution >= 4 is 10.8 Å². The molecule has 1 aromatic rings. The van der Waals surface area contributed by atoms with Crippen LogP contribution in [-0.4, -0.2) is 4.21 Å². The zero-order valence-corrected chi connectivity index (χ0v) is 9.96. The van der Waals surface area contributed by atoms with Crippen LogP contribution in [0.2, 0.25) is 0 Å². The number of aryl methyl sites for hydroxylation is 1. The van der Waals surface area contributed by atoms with Crippen molar-refractivity contribution in [1.82, 2.24) is 0 Å². The van der Waals surface area contributed by atoms with Gasteiger partial charge in [0.2, 0.25) is 0 Å². The normalized spacial score (nSPS) is 13.7. The molecule has 0 spiro atoms. The second-order valence-corrected chi connectivity index (χ2v) is 4.61. The summed E-state index contributed by atoms with van der Waals surface area (Å²) in [5, 5.41) is 1.71. The summed E-state index contributed by atoms with van der Waals surface area (Å²) in [5.74, 6) is 0. The van der Waals surface area contributed by atoms with Gasteiger partial charge in [0.05, 0.1) is 10.8 Å².